The van der Waals surface area contributed by atoms with E-state index in [1.807, 2.05) is 0 Å². The summed E-state index contributed by atoms with van der Waals surface area (Å²) in [6, 6.07) is -1.48. The van der Waals surface area contributed by atoms with E-state index in [4.69, 9.17) is 29.4 Å². The average Bonchev–Trinajstić information content (AvgIpc) is 3.16. The number of rotatable bonds is 39. The molecular formula is C44H76NO9P. The second-order valence-corrected chi connectivity index (χ2v) is 15.2. The molecule has 0 aromatic rings. The van der Waals surface area contributed by atoms with Gasteiger partial charge in [-0.2, -0.15) is 0 Å². The van der Waals surface area contributed by atoms with Crippen LogP contribution in [0, 0.1) is 0 Å². The summed E-state index contributed by atoms with van der Waals surface area (Å²) >= 11 is 0. The molecule has 55 heavy (non-hydrogen) atoms. The molecule has 0 aromatic heterocycles. The first kappa shape index (κ1) is 52.4. The van der Waals surface area contributed by atoms with Gasteiger partial charge in [0.2, 0.25) is 0 Å². The van der Waals surface area contributed by atoms with Crippen molar-refractivity contribution in [3.63, 3.8) is 0 Å². The van der Waals surface area contributed by atoms with Crippen molar-refractivity contribution in [2.75, 3.05) is 26.4 Å². The highest BCUT2D eigenvalue weighted by Crippen LogP contribution is 2.43. The molecule has 0 spiro atoms. The summed E-state index contributed by atoms with van der Waals surface area (Å²) in [5.74, 6) is -1.82. The molecule has 0 saturated heterocycles. The zero-order valence-corrected chi connectivity index (χ0v) is 35.1. The summed E-state index contributed by atoms with van der Waals surface area (Å²) < 4.78 is 33.3. The molecule has 316 valence electrons. The van der Waals surface area contributed by atoms with E-state index in [1.54, 1.807) is 0 Å². The van der Waals surface area contributed by atoms with Crippen molar-refractivity contribution in [2.45, 2.75) is 167 Å². The molecule has 0 aliphatic rings. The van der Waals surface area contributed by atoms with Gasteiger partial charge in [0.1, 0.15) is 12.1 Å². The maximum absolute atomic E-state index is 12.6. The van der Waals surface area contributed by atoms with Crippen molar-refractivity contribution in [3.8, 4) is 0 Å². The van der Waals surface area contributed by atoms with Gasteiger partial charge in [0.05, 0.1) is 19.8 Å². The minimum Gasteiger partial charge on any atom is -0.480 e. The fourth-order valence-electron chi connectivity index (χ4n) is 5.21. The monoisotopic (exact) mass is 794 g/mol. The van der Waals surface area contributed by atoms with Crippen LogP contribution in [0.15, 0.2) is 72.9 Å². The van der Waals surface area contributed by atoms with Gasteiger partial charge in [0.15, 0.2) is 0 Å². The van der Waals surface area contributed by atoms with Crippen LogP contribution < -0.4 is 5.73 Å². The quantitative estimate of drug-likeness (QED) is 0.0237. The molecular weight excluding hydrogens is 717 g/mol. The van der Waals surface area contributed by atoms with E-state index in [0.717, 1.165) is 77.0 Å². The van der Waals surface area contributed by atoms with Crippen molar-refractivity contribution < 1.29 is 42.7 Å². The summed E-state index contributed by atoms with van der Waals surface area (Å²) in [7, 11) is -4.63. The summed E-state index contributed by atoms with van der Waals surface area (Å²) in [5, 5.41) is 8.89. The predicted octanol–water partition coefficient (Wildman–Crippen LogP) is 11.4. The fraction of sp³-hybridized carbons (Fsp3) is 0.682. The van der Waals surface area contributed by atoms with Crippen molar-refractivity contribution in [1.29, 1.82) is 0 Å². The van der Waals surface area contributed by atoms with Crippen LogP contribution >= 0.6 is 7.82 Å². The Morgan fingerprint density at radius 2 is 1.05 bits per heavy atom. The van der Waals surface area contributed by atoms with Gasteiger partial charge in [-0.25, -0.2) is 4.57 Å². The number of carbonyl (C=O) groups excluding carboxylic acids is 1. The number of carboxylic acids is 1. The Hall–Kier alpha value is -2.59. The van der Waals surface area contributed by atoms with Crippen LogP contribution in [-0.2, 0) is 32.7 Å². The topological polar surface area (TPSA) is 155 Å². The fourth-order valence-corrected chi connectivity index (χ4v) is 5.99. The van der Waals surface area contributed by atoms with Gasteiger partial charge in [-0.05, 0) is 83.5 Å². The highest BCUT2D eigenvalue weighted by Gasteiger charge is 2.27. The van der Waals surface area contributed by atoms with Crippen molar-refractivity contribution >= 4 is 19.8 Å². The van der Waals surface area contributed by atoms with E-state index < -0.39 is 45.1 Å². The molecule has 3 atom stereocenters. The third kappa shape index (κ3) is 39.4. The van der Waals surface area contributed by atoms with E-state index in [2.05, 4.69) is 86.8 Å². The normalized spacial score (nSPS) is 14.7. The molecule has 0 amide bonds. The molecule has 0 aliphatic heterocycles. The predicted molar refractivity (Wildman–Crippen MR) is 226 cm³/mol. The molecule has 10 nitrogen and oxygen atoms in total. The lowest BCUT2D eigenvalue weighted by Gasteiger charge is -2.20. The van der Waals surface area contributed by atoms with Gasteiger partial charge >= 0.3 is 19.8 Å². The number of phosphoric ester groups is 1. The number of aliphatic carboxylic acids is 1. The van der Waals surface area contributed by atoms with E-state index in [1.165, 1.54) is 51.4 Å². The first-order valence-corrected chi connectivity index (χ1v) is 22.5. The lowest BCUT2D eigenvalue weighted by Crippen LogP contribution is -2.34. The van der Waals surface area contributed by atoms with E-state index in [-0.39, 0.29) is 13.0 Å². The van der Waals surface area contributed by atoms with Crippen LogP contribution in [-0.4, -0.2) is 60.5 Å². The summed E-state index contributed by atoms with van der Waals surface area (Å²) in [4.78, 5) is 33.5. The Bertz CT molecular complexity index is 1150. The minimum atomic E-state index is -4.63. The third-order valence-corrected chi connectivity index (χ3v) is 9.42. The molecule has 0 aliphatic carbocycles. The Labute approximate surface area is 334 Å². The maximum Gasteiger partial charge on any atom is 0.472 e. The molecule has 0 bridgehead atoms. The molecule has 0 saturated carbocycles. The highest BCUT2D eigenvalue weighted by molar-refractivity contribution is 7.47. The maximum atomic E-state index is 12.6. The highest BCUT2D eigenvalue weighted by atomic mass is 31.2. The number of carboxylic acid groups (broad SMARTS) is 1. The molecule has 0 heterocycles. The number of hydrogen-bond acceptors (Lipinski definition) is 8. The largest absolute Gasteiger partial charge is 0.480 e. The van der Waals surface area contributed by atoms with Crippen LogP contribution in [0.4, 0.5) is 0 Å². The second-order valence-electron chi connectivity index (χ2n) is 13.7. The Morgan fingerprint density at radius 1 is 0.600 bits per heavy atom. The van der Waals surface area contributed by atoms with Gasteiger partial charge in [-0.3, -0.25) is 18.6 Å². The Balaban J connectivity index is 4.36. The SMILES string of the molecule is CC/C=C\C/C=C\C/C=C\C/C=C\C/C=C\CCCCCC(=O)OC(COCCCCCCCC/C=C\CCCCCC)COP(=O)(O)OCC(N)C(=O)O. The Morgan fingerprint density at radius 3 is 1.60 bits per heavy atom. The van der Waals surface area contributed by atoms with Crippen LogP contribution in [0.3, 0.4) is 0 Å². The summed E-state index contributed by atoms with van der Waals surface area (Å²) in [6.07, 6.45) is 48.1. The number of allylic oxidation sites excluding steroid dienone is 12. The molecule has 0 aromatic carbocycles. The molecule has 0 fully saturated rings. The summed E-state index contributed by atoms with van der Waals surface area (Å²) in [5.41, 5.74) is 5.35. The smallest absolute Gasteiger partial charge is 0.472 e. The van der Waals surface area contributed by atoms with Crippen LogP contribution in [0.1, 0.15) is 155 Å². The number of ether oxygens (including phenoxy) is 2. The second kappa shape index (κ2) is 39.6. The van der Waals surface area contributed by atoms with Crippen molar-refractivity contribution in [3.05, 3.63) is 72.9 Å². The van der Waals surface area contributed by atoms with Crippen molar-refractivity contribution in [2.24, 2.45) is 5.73 Å². The van der Waals surface area contributed by atoms with Crippen LogP contribution in [0.5, 0.6) is 0 Å². The molecule has 4 N–H and O–H groups in total. The number of carbonyl (C=O) groups is 2. The number of hydrogen-bond donors (Lipinski definition) is 3. The molecule has 0 radical (unpaired) electrons. The van der Waals surface area contributed by atoms with Gasteiger partial charge < -0.3 is 25.2 Å². The van der Waals surface area contributed by atoms with Gasteiger partial charge in [-0.15, -0.1) is 0 Å². The zero-order chi connectivity index (χ0) is 40.5. The van der Waals surface area contributed by atoms with Crippen molar-refractivity contribution in [1.82, 2.24) is 0 Å². The number of nitrogens with two attached hydrogens (primary N) is 1. The van der Waals surface area contributed by atoms with E-state index >= 15 is 0 Å². The summed E-state index contributed by atoms with van der Waals surface area (Å²) in [6.45, 7) is 3.68. The van der Waals surface area contributed by atoms with Crippen LogP contribution in [0.2, 0.25) is 0 Å². The van der Waals surface area contributed by atoms with Gasteiger partial charge in [0.25, 0.3) is 0 Å². The molecule has 3 unspecified atom stereocenters. The van der Waals surface area contributed by atoms with E-state index in [0.29, 0.717) is 13.0 Å². The Kier molecular flexibility index (Phi) is 37.8. The van der Waals surface area contributed by atoms with Gasteiger partial charge in [-0.1, -0.05) is 138 Å². The minimum absolute atomic E-state index is 0.00473. The number of unbranched alkanes of at least 4 members (excludes halogenated alkanes) is 13. The first-order chi connectivity index (χ1) is 26.7. The number of esters is 1. The third-order valence-electron chi connectivity index (χ3n) is 8.47. The molecule has 0 rings (SSSR count). The average molecular weight is 794 g/mol. The lowest BCUT2D eigenvalue weighted by atomic mass is 10.1. The first-order valence-electron chi connectivity index (χ1n) is 21.0. The van der Waals surface area contributed by atoms with E-state index in [9.17, 15) is 19.0 Å². The number of phosphoric acid groups is 1. The standard InChI is InChI=1S/C44H76NO9P/c1-3-5-7-9-11-13-15-17-19-20-21-22-23-24-26-28-30-32-34-36-43(46)54-41(39-52-55(49,50)53-40-42(45)44(47)48)38-51-37-35-33-31-29-27-25-18-16-14-12-10-8-6-4-2/h5,7,11,13-14,16-17,19,21-22,24,26,41-42H,3-4,6,8-10,12,15,18,20,23,25,27-40,45H2,1-2H3,(H,47,48)(H,49,50)/b7-5-,13-11-,16-14-,19-17-,22-21-,26-24-. The molecule has 11 heteroatoms. The lowest BCUT2D eigenvalue weighted by molar-refractivity contribution is -0.154. The van der Waals surface area contributed by atoms with Crippen LogP contribution in [0.25, 0.3) is 0 Å². The zero-order valence-electron chi connectivity index (χ0n) is 34.2. The van der Waals surface area contributed by atoms with Gasteiger partial charge in [0, 0.05) is 13.0 Å².